The number of amides is 1. The summed E-state index contributed by atoms with van der Waals surface area (Å²) in [5.74, 6) is -3.21. The number of hydrogen-bond acceptors (Lipinski definition) is 7. The second kappa shape index (κ2) is 8.15. The van der Waals surface area contributed by atoms with Gasteiger partial charge in [0.05, 0.1) is 23.4 Å². The number of aliphatic hydroxyl groups is 1. The molecule has 0 saturated carbocycles. The molecule has 4 rings (SSSR count). The molecule has 0 saturated heterocycles. The van der Waals surface area contributed by atoms with E-state index in [4.69, 9.17) is 0 Å². The fraction of sp³-hybridized carbons (Fsp3) is 0.200. The van der Waals surface area contributed by atoms with Gasteiger partial charge in [0.1, 0.15) is 17.0 Å². The molecule has 2 unspecified atom stereocenters. The fourth-order valence-corrected chi connectivity index (χ4v) is 4.71. The minimum Gasteiger partial charge on any atom is -0.406 e. The quantitative estimate of drug-likeness (QED) is 0.403. The Kier molecular flexibility index (Phi) is 5.62. The Labute approximate surface area is 186 Å². The molecular formula is C20H12F4N2O6S. The van der Waals surface area contributed by atoms with Gasteiger partial charge in [-0.2, -0.15) is 0 Å². The third-order valence-corrected chi connectivity index (χ3v) is 6.11. The number of halogens is 4. The topological polar surface area (TPSA) is 110 Å². The van der Waals surface area contributed by atoms with Crippen molar-refractivity contribution in [1.82, 2.24) is 0 Å². The lowest BCUT2D eigenvalue weighted by molar-refractivity contribution is -0.484. The molecule has 2 aliphatic heterocycles. The van der Waals surface area contributed by atoms with Crippen molar-refractivity contribution in [1.29, 1.82) is 0 Å². The molecule has 2 aromatic rings. The Morgan fingerprint density at radius 1 is 1.12 bits per heavy atom. The van der Waals surface area contributed by atoms with Crippen LogP contribution in [0.4, 0.5) is 23.2 Å². The van der Waals surface area contributed by atoms with Gasteiger partial charge in [0.2, 0.25) is 0 Å². The van der Waals surface area contributed by atoms with Gasteiger partial charge in [-0.1, -0.05) is 18.2 Å². The first-order valence-corrected chi connectivity index (χ1v) is 10.1. The standard InChI is InChI=1S/C20H12F4N2O6S/c21-12-7-10(9-2-1-3-11(6-9)32-20(22,23)24)4-5-13(12)25-8-14(27)15-16(17(25)28)19(29)33-18(15)26(30)31/h1-7,18-19,29H,8H2. The Morgan fingerprint density at radius 2 is 1.82 bits per heavy atom. The predicted octanol–water partition coefficient (Wildman–Crippen LogP) is 3.27. The highest BCUT2D eigenvalue weighted by molar-refractivity contribution is 8.00. The van der Waals surface area contributed by atoms with Gasteiger partial charge in [0.15, 0.2) is 5.78 Å². The SMILES string of the molecule is O=C1CN(c2ccc(-c3cccc(OC(F)(F)F)c3)cc2F)C(=O)C2=C1C([N+](=O)[O-])SC2O. The highest BCUT2D eigenvalue weighted by Crippen LogP contribution is 2.42. The van der Waals surface area contributed by atoms with Gasteiger partial charge < -0.3 is 9.84 Å². The number of anilines is 1. The monoisotopic (exact) mass is 484 g/mol. The zero-order chi connectivity index (χ0) is 24.1. The number of carbonyl (C=O) groups is 2. The molecule has 1 amide bonds. The van der Waals surface area contributed by atoms with E-state index in [1.54, 1.807) is 0 Å². The summed E-state index contributed by atoms with van der Waals surface area (Å²) in [6, 6.07) is 8.28. The molecule has 0 spiro atoms. The number of nitrogens with zero attached hydrogens (tertiary/aromatic N) is 2. The van der Waals surface area contributed by atoms with Crippen LogP contribution in [0.25, 0.3) is 11.1 Å². The van der Waals surface area contributed by atoms with E-state index >= 15 is 0 Å². The summed E-state index contributed by atoms with van der Waals surface area (Å²) in [4.78, 5) is 36.5. The van der Waals surface area contributed by atoms with Gasteiger partial charge in [-0.25, -0.2) is 4.39 Å². The number of Topliss-reactive ketones (excluding diaryl/α,β-unsaturated/α-hetero) is 1. The summed E-state index contributed by atoms with van der Waals surface area (Å²) >= 11 is 0.421. The molecule has 8 nitrogen and oxygen atoms in total. The highest BCUT2D eigenvalue weighted by atomic mass is 32.2. The van der Waals surface area contributed by atoms with Crippen LogP contribution in [0.3, 0.4) is 0 Å². The zero-order valence-electron chi connectivity index (χ0n) is 16.2. The van der Waals surface area contributed by atoms with E-state index in [0.29, 0.717) is 11.8 Å². The molecule has 2 atom stereocenters. The lowest BCUT2D eigenvalue weighted by Crippen LogP contribution is -2.45. The third-order valence-electron chi connectivity index (χ3n) is 4.95. The number of hydrogen-bond donors (Lipinski definition) is 1. The van der Waals surface area contributed by atoms with Crippen molar-refractivity contribution >= 4 is 29.1 Å². The van der Waals surface area contributed by atoms with Gasteiger partial charge in [0, 0.05) is 4.92 Å². The number of thioether (sulfide) groups is 1. The van der Waals surface area contributed by atoms with Crippen molar-refractivity contribution in [3.8, 4) is 16.9 Å². The van der Waals surface area contributed by atoms with Gasteiger partial charge in [0.25, 0.3) is 11.3 Å². The summed E-state index contributed by atoms with van der Waals surface area (Å²) < 4.78 is 56.1. The maximum Gasteiger partial charge on any atom is 0.573 e. The van der Waals surface area contributed by atoms with Crippen LogP contribution in [0.1, 0.15) is 0 Å². The zero-order valence-corrected chi connectivity index (χ0v) is 17.0. The Balaban J connectivity index is 1.66. The van der Waals surface area contributed by atoms with E-state index < -0.39 is 63.0 Å². The molecule has 1 N–H and O–H groups in total. The average molecular weight is 484 g/mol. The molecule has 0 aliphatic carbocycles. The minimum absolute atomic E-state index is 0.171. The van der Waals surface area contributed by atoms with Crippen molar-refractivity contribution in [3.05, 3.63) is 69.5 Å². The largest absolute Gasteiger partial charge is 0.573 e. The maximum absolute atomic E-state index is 14.9. The summed E-state index contributed by atoms with van der Waals surface area (Å²) in [6.45, 7) is -0.666. The molecule has 2 aromatic carbocycles. The molecule has 0 aromatic heterocycles. The van der Waals surface area contributed by atoms with Crippen LogP contribution in [0.2, 0.25) is 0 Å². The number of ether oxygens (including phenoxy) is 1. The van der Waals surface area contributed by atoms with E-state index in [2.05, 4.69) is 4.74 Å². The van der Waals surface area contributed by atoms with Gasteiger partial charge in [-0.3, -0.25) is 24.6 Å². The molecule has 2 heterocycles. The second-order valence-corrected chi connectivity index (χ2v) is 8.18. The molecule has 172 valence electrons. The molecule has 2 aliphatic rings. The van der Waals surface area contributed by atoms with Crippen LogP contribution in [0.15, 0.2) is 53.6 Å². The number of rotatable bonds is 4. The summed E-state index contributed by atoms with van der Waals surface area (Å²) in [5, 5.41) is 19.7. The van der Waals surface area contributed by atoms with Crippen molar-refractivity contribution in [2.75, 3.05) is 11.4 Å². The van der Waals surface area contributed by atoms with Crippen molar-refractivity contribution in [3.63, 3.8) is 0 Å². The number of ketones is 1. The molecule has 0 radical (unpaired) electrons. The van der Waals surface area contributed by atoms with E-state index in [-0.39, 0.29) is 16.8 Å². The maximum atomic E-state index is 14.9. The van der Waals surface area contributed by atoms with Crippen molar-refractivity contribution in [2.45, 2.75) is 17.2 Å². The lowest BCUT2D eigenvalue weighted by atomic mass is 9.97. The molecular weight excluding hydrogens is 472 g/mol. The number of aliphatic hydroxyl groups excluding tert-OH is 1. The Morgan fingerprint density at radius 3 is 2.45 bits per heavy atom. The van der Waals surface area contributed by atoms with Crippen LogP contribution in [-0.2, 0) is 9.59 Å². The molecule has 33 heavy (non-hydrogen) atoms. The first kappa shape index (κ1) is 22.7. The van der Waals surface area contributed by atoms with E-state index in [1.165, 1.54) is 18.2 Å². The van der Waals surface area contributed by atoms with Crippen molar-refractivity contribution < 1.29 is 41.9 Å². The molecule has 0 fully saturated rings. The van der Waals surface area contributed by atoms with Crippen LogP contribution >= 0.6 is 11.8 Å². The summed E-state index contributed by atoms with van der Waals surface area (Å²) in [6.07, 6.45) is -4.90. The number of alkyl halides is 3. The van der Waals surface area contributed by atoms with Crippen LogP contribution in [-0.4, -0.2) is 45.4 Å². The van der Waals surface area contributed by atoms with E-state index in [1.807, 2.05) is 0 Å². The first-order chi connectivity index (χ1) is 15.5. The Bertz CT molecular complexity index is 1220. The molecule has 13 heteroatoms. The fourth-order valence-electron chi connectivity index (χ4n) is 3.61. The lowest BCUT2D eigenvalue weighted by Gasteiger charge is -2.28. The number of benzene rings is 2. The normalized spacial score (nSPS) is 20.8. The van der Waals surface area contributed by atoms with Crippen LogP contribution in [0.5, 0.6) is 5.75 Å². The van der Waals surface area contributed by atoms with Gasteiger partial charge in [-0.05, 0) is 47.2 Å². The Hall–Kier alpha value is -3.45. The van der Waals surface area contributed by atoms with E-state index in [0.717, 1.165) is 29.2 Å². The average Bonchev–Trinajstić information content (AvgIpc) is 3.08. The highest BCUT2D eigenvalue weighted by Gasteiger charge is 2.51. The van der Waals surface area contributed by atoms with E-state index in [9.17, 15) is 42.4 Å². The smallest absolute Gasteiger partial charge is 0.406 e. The van der Waals surface area contributed by atoms with Crippen molar-refractivity contribution in [2.24, 2.45) is 0 Å². The number of nitro groups is 1. The minimum atomic E-state index is -4.90. The second-order valence-electron chi connectivity index (χ2n) is 7.01. The number of carbonyl (C=O) groups excluding carboxylic acids is 2. The summed E-state index contributed by atoms with van der Waals surface area (Å²) in [7, 11) is 0. The molecule has 0 bridgehead atoms. The van der Waals surface area contributed by atoms with Crippen LogP contribution < -0.4 is 9.64 Å². The predicted molar refractivity (Wildman–Crippen MR) is 107 cm³/mol. The van der Waals surface area contributed by atoms with Gasteiger partial charge in [-0.15, -0.1) is 13.2 Å². The third kappa shape index (κ3) is 4.28. The van der Waals surface area contributed by atoms with Gasteiger partial charge >= 0.3 is 6.36 Å². The van der Waals surface area contributed by atoms with Crippen LogP contribution in [0, 0.1) is 15.9 Å². The summed E-state index contributed by atoms with van der Waals surface area (Å²) in [5.41, 5.74) is -2.44. The first-order valence-electron chi connectivity index (χ1n) is 9.18.